The van der Waals surface area contributed by atoms with Crippen molar-refractivity contribution in [3.05, 3.63) is 28.8 Å². The highest BCUT2D eigenvalue weighted by molar-refractivity contribution is 9.08. The molecule has 0 atom stereocenters. The lowest BCUT2D eigenvalue weighted by Gasteiger charge is -2.06. The Labute approximate surface area is 79.7 Å². The second-order valence-corrected chi connectivity index (χ2v) is 2.84. The summed E-state index contributed by atoms with van der Waals surface area (Å²) in [5.41, 5.74) is 2.92. The molecular weight excluding hydrogens is 254 g/mol. The minimum absolute atomic E-state index is 0.321. The van der Waals surface area contributed by atoms with E-state index in [0.29, 0.717) is 0 Å². The second-order valence-electron chi connectivity index (χ2n) is 2.28. The van der Waals surface area contributed by atoms with Gasteiger partial charge >= 0.3 is 0 Å². The molecule has 1 nitrogen and oxygen atoms in total. The van der Waals surface area contributed by atoms with Crippen LogP contribution in [-0.4, -0.2) is 0 Å². The van der Waals surface area contributed by atoms with Gasteiger partial charge in [-0.3, -0.25) is 0 Å². The molecule has 72 valence electrons. The van der Waals surface area contributed by atoms with Gasteiger partial charge in [-0.1, -0.05) is 15.9 Å². The molecule has 6 heteroatoms. The third-order valence-corrected chi connectivity index (χ3v) is 2.08. The quantitative estimate of drug-likeness (QED) is 0.356. The lowest BCUT2D eigenvalue weighted by Crippen LogP contribution is -2.06. The van der Waals surface area contributed by atoms with Crippen molar-refractivity contribution in [3.63, 3.8) is 0 Å². The number of rotatable bonds is 1. The first-order valence-corrected chi connectivity index (χ1v) is 4.29. The molecule has 2 N–H and O–H groups in total. The molecule has 1 aromatic rings. The molecule has 0 aliphatic heterocycles. The van der Waals surface area contributed by atoms with Gasteiger partial charge in [0.15, 0.2) is 23.3 Å². The van der Waals surface area contributed by atoms with E-state index < -0.39 is 34.5 Å². The molecule has 1 aromatic carbocycles. The van der Waals surface area contributed by atoms with Crippen LogP contribution in [0.5, 0.6) is 0 Å². The van der Waals surface area contributed by atoms with E-state index in [4.69, 9.17) is 5.73 Å². The summed E-state index contributed by atoms with van der Waals surface area (Å²) in [4.78, 5) is 0. The molecule has 0 amide bonds. The molecule has 0 bridgehead atoms. The standard InChI is InChI=1S/C7H4BrF4N/c8-1-2-3(9)5(11)7(13)6(12)4(2)10/h1,13H2. The maximum absolute atomic E-state index is 12.8. The predicted octanol–water partition coefficient (Wildman–Crippen LogP) is 2.72. The molecule has 0 spiro atoms. The molecular formula is C7H4BrF4N. The van der Waals surface area contributed by atoms with Crippen LogP contribution in [-0.2, 0) is 5.33 Å². The van der Waals surface area contributed by atoms with E-state index in [0.717, 1.165) is 0 Å². The third-order valence-electron chi connectivity index (χ3n) is 1.52. The monoisotopic (exact) mass is 257 g/mol. The summed E-state index contributed by atoms with van der Waals surface area (Å²) < 4.78 is 51.0. The van der Waals surface area contributed by atoms with Crippen molar-refractivity contribution in [1.82, 2.24) is 0 Å². The van der Waals surface area contributed by atoms with E-state index in [-0.39, 0.29) is 5.33 Å². The first kappa shape index (κ1) is 10.3. The molecule has 0 aromatic heterocycles. The van der Waals surface area contributed by atoms with E-state index in [9.17, 15) is 17.6 Å². The smallest absolute Gasteiger partial charge is 0.185 e. The third kappa shape index (κ3) is 1.50. The molecule has 0 aliphatic carbocycles. The van der Waals surface area contributed by atoms with Gasteiger partial charge < -0.3 is 5.73 Å². The number of hydrogen-bond acceptors (Lipinski definition) is 1. The number of halogens is 5. The van der Waals surface area contributed by atoms with E-state index in [1.807, 2.05) is 0 Å². The van der Waals surface area contributed by atoms with Crippen molar-refractivity contribution in [3.8, 4) is 0 Å². The van der Waals surface area contributed by atoms with Gasteiger partial charge in [-0.05, 0) is 0 Å². The second kappa shape index (κ2) is 3.53. The van der Waals surface area contributed by atoms with Crippen LogP contribution >= 0.6 is 15.9 Å². The number of nitrogen functional groups attached to an aromatic ring is 1. The van der Waals surface area contributed by atoms with Crippen molar-refractivity contribution in [1.29, 1.82) is 0 Å². The van der Waals surface area contributed by atoms with Crippen LogP contribution in [0, 0.1) is 23.3 Å². The normalized spacial score (nSPS) is 10.5. The SMILES string of the molecule is Nc1c(F)c(F)c(CBr)c(F)c1F. The van der Waals surface area contributed by atoms with Crippen molar-refractivity contribution in [2.24, 2.45) is 0 Å². The highest BCUT2D eigenvalue weighted by Gasteiger charge is 2.22. The summed E-state index contributed by atoms with van der Waals surface area (Å²) >= 11 is 2.70. The van der Waals surface area contributed by atoms with Gasteiger partial charge in [-0.2, -0.15) is 0 Å². The fourth-order valence-electron chi connectivity index (χ4n) is 0.811. The Morgan fingerprint density at radius 3 is 1.62 bits per heavy atom. The summed E-state index contributed by atoms with van der Waals surface area (Å²) in [6.07, 6.45) is 0. The zero-order valence-corrected chi connectivity index (χ0v) is 7.76. The molecule has 0 saturated carbocycles. The lowest BCUT2D eigenvalue weighted by molar-refractivity contribution is 0.450. The minimum Gasteiger partial charge on any atom is -0.394 e. The topological polar surface area (TPSA) is 26.0 Å². The number of anilines is 1. The van der Waals surface area contributed by atoms with Crippen molar-refractivity contribution in [2.45, 2.75) is 5.33 Å². The van der Waals surface area contributed by atoms with Crippen LogP contribution in [0.2, 0.25) is 0 Å². The van der Waals surface area contributed by atoms with Gasteiger partial charge in [0.25, 0.3) is 0 Å². The number of hydrogen-bond donors (Lipinski definition) is 1. The highest BCUT2D eigenvalue weighted by Crippen LogP contribution is 2.26. The Morgan fingerprint density at radius 2 is 1.31 bits per heavy atom. The first-order chi connectivity index (χ1) is 6.00. The molecule has 0 unspecified atom stereocenters. The van der Waals surface area contributed by atoms with Crippen LogP contribution in [0.4, 0.5) is 23.2 Å². The van der Waals surface area contributed by atoms with Gasteiger partial charge in [0.1, 0.15) is 5.69 Å². The Bertz CT molecular complexity index is 324. The van der Waals surface area contributed by atoms with E-state index in [2.05, 4.69) is 15.9 Å². The number of nitrogens with two attached hydrogens (primary N) is 1. The van der Waals surface area contributed by atoms with Crippen LogP contribution < -0.4 is 5.73 Å². The Kier molecular flexibility index (Phi) is 2.80. The Morgan fingerprint density at radius 1 is 0.923 bits per heavy atom. The summed E-state index contributed by atoms with van der Waals surface area (Å²) in [6.45, 7) is 0. The molecule has 13 heavy (non-hydrogen) atoms. The van der Waals surface area contributed by atoms with Crippen LogP contribution in [0.1, 0.15) is 5.56 Å². The maximum atomic E-state index is 12.8. The summed E-state index contributed by atoms with van der Waals surface area (Å²) in [5.74, 6) is -6.05. The summed E-state index contributed by atoms with van der Waals surface area (Å²) in [7, 11) is 0. The average Bonchev–Trinajstić information content (AvgIpc) is 2.13. The van der Waals surface area contributed by atoms with Crippen LogP contribution in [0.15, 0.2) is 0 Å². The van der Waals surface area contributed by atoms with Gasteiger partial charge in [0.2, 0.25) is 0 Å². The molecule has 1 rings (SSSR count). The summed E-state index contributed by atoms with van der Waals surface area (Å²) in [5, 5.41) is -0.321. The van der Waals surface area contributed by atoms with Gasteiger partial charge in [0, 0.05) is 10.9 Å². The Hall–Kier alpha value is -0.780. The zero-order valence-electron chi connectivity index (χ0n) is 6.17. The number of benzene rings is 1. The van der Waals surface area contributed by atoms with E-state index in [1.54, 1.807) is 0 Å². The van der Waals surface area contributed by atoms with E-state index >= 15 is 0 Å². The zero-order chi connectivity index (χ0) is 10.2. The minimum atomic E-state index is -1.56. The largest absolute Gasteiger partial charge is 0.394 e. The fraction of sp³-hybridized carbons (Fsp3) is 0.143. The van der Waals surface area contributed by atoms with Gasteiger partial charge in [0.05, 0.1) is 0 Å². The maximum Gasteiger partial charge on any atom is 0.185 e. The lowest BCUT2D eigenvalue weighted by atomic mass is 10.2. The molecule has 0 radical (unpaired) electrons. The van der Waals surface area contributed by atoms with Crippen molar-refractivity contribution < 1.29 is 17.6 Å². The van der Waals surface area contributed by atoms with Crippen molar-refractivity contribution >= 4 is 21.6 Å². The fourth-order valence-corrected chi connectivity index (χ4v) is 1.30. The van der Waals surface area contributed by atoms with Crippen molar-refractivity contribution in [2.75, 3.05) is 5.73 Å². The van der Waals surface area contributed by atoms with Gasteiger partial charge in [-0.25, -0.2) is 17.6 Å². The molecule has 0 heterocycles. The molecule has 0 saturated heterocycles. The Balaban J connectivity index is 3.56. The van der Waals surface area contributed by atoms with E-state index in [1.165, 1.54) is 0 Å². The van der Waals surface area contributed by atoms with Gasteiger partial charge in [-0.15, -0.1) is 0 Å². The average molecular weight is 258 g/mol. The van der Waals surface area contributed by atoms with Crippen LogP contribution in [0.25, 0.3) is 0 Å². The highest BCUT2D eigenvalue weighted by atomic mass is 79.9. The first-order valence-electron chi connectivity index (χ1n) is 3.17. The van der Waals surface area contributed by atoms with Crippen LogP contribution in [0.3, 0.4) is 0 Å². The molecule has 0 aliphatic rings. The summed E-state index contributed by atoms with van der Waals surface area (Å²) in [6, 6.07) is 0. The number of alkyl halides is 1. The predicted molar refractivity (Wildman–Crippen MR) is 43.3 cm³/mol. The molecule has 0 fully saturated rings.